The van der Waals surface area contributed by atoms with E-state index in [2.05, 4.69) is 9.97 Å². The molecule has 1 fully saturated rings. The molecule has 4 nitrogen and oxygen atoms in total. The minimum Gasteiger partial charge on any atom is -0.343 e. The Balaban J connectivity index is 2.04. The molecule has 1 aromatic carbocycles. The van der Waals surface area contributed by atoms with E-state index in [0.29, 0.717) is 18.9 Å². The zero-order valence-electron chi connectivity index (χ0n) is 13.8. The van der Waals surface area contributed by atoms with Crippen LogP contribution in [0.25, 0.3) is 22.2 Å². The van der Waals surface area contributed by atoms with Crippen LogP contribution in [-0.2, 0) is 16.0 Å². The van der Waals surface area contributed by atoms with Crippen LogP contribution in [0.1, 0.15) is 24.8 Å². The first-order chi connectivity index (χ1) is 12.7. The van der Waals surface area contributed by atoms with E-state index in [1.54, 1.807) is 6.07 Å². The average Bonchev–Trinajstić information content (AvgIpc) is 2.99. The van der Waals surface area contributed by atoms with Gasteiger partial charge in [0.1, 0.15) is 10.8 Å². The molecule has 2 heterocycles. The summed E-state index contributed by atoms with van der Waals surface area (Å²) in [6.07, 6.45) is -1.76. The molecular weight excluding hydrogens is 384 g/mol. The van der Waals surface area contributed by atoms with Crippen LogP contribution >= 0.6 is 0 Å². The Labute approximate surface area is 152 Å². The number of aromatic amines is 1. The maximum Gasteiger partial charge on any atom is 0.417 e. The molecule has 1 N–H and O–H groups in total. The minimum atomic E-state index is -4.83. The number of aromatic nitrogens is 2. The van der Waals surface area contributed by atoms with Crippen molar-refractivity contribution in [2.75, 3.05) is 0 Å². The van der Waals surface area contributed by atoms with Crippen LogP contribution in [0.2, 0.25) is 0 Å². The van der Waals surface area contributed by atoms with Crippen LogP contribution in [0, 0.1) is 5.82 Å². The highest BCUT2D eigenvalue weighted by Crippen LogP contribution is 2.43. The zero-order valence-corrected chi connectivity index (χ0v) is 14.7. The van der Waals surface area contributed by atoms with Gasteiger partial charge in [-0.25, -0.2) is 12.8 Å². The average molecular weight is 398 g/mol. The Morgan fingerprint density at radius 1 is 1.15 bits per heavy atom. The second-order valence-electron chi connectivity index (χ2n) is 6.51. The maximum atomic E-state index is 14.4. The largest absolute Gasteiger partial charge is 0.417 e. The number of halogens is 4. The Bertz CT molecular complexity index is 1120. The summed E-state index contributed by atoms with van der Waals surface area (Å²) >= 11 is 0. The van der Waals surface area contributed by atoms with Crippen molar-refractivity contribution in [2.24, 2.45) is 0 Å². The summed E-state index contributed by atoms with van der Waals surface area (Å²) in [6, 6.07) is 5.89. The highest BCUT2D eigenvalue weighted by molar-refractivity contribution is 7.92. The molecule has 0 amide bonds. The summed E-state index contributed by atoms with van der Waals surface area (Å²) in [6.45, 7) is 0. The fourth-order valence-corrected chi connectivity index (χ4v) is 5.10. The Kier molecular flexibility index (Phi) is 4.03. The molecule has 142 valence electrons. The number of rotatable bonds is 3. The van der Waals surface area contributed by atoms with Gasteiger partial charge in [-0.15, -0.1) is 0 Å². The standard InChI is InChI=1S/C18H14F4N2O2S/c19-13-9-12(18(20,21)22)16(14-6-1-2-7-23-14)11-8-15(24-17(11)13)27(25,26)10-4-3-5-10/h1-2,6-10,24H,3-5H2. The number of hydrogen-bond acceptors (Lipinski definition) is 3. The third-order valence-corrected chi connectivity index (χ3v) is 7.05. The molecule has 0 bridgehead atoms. The van der Waals surface area contributed by atoms with Gasteiger partial charge < -0.3 is 4.98 Å². The van der Waals surface area contributed by atoms with Crippen LogP contribution in [0.5, 0.6) is 0 Å². The number of alkyl halides is 3. The highest BCUT2D eigenvalue weighted by Gasteiger charge is 2.38. The summed E-state index contributed by atoms with van der Waals surface area (Å²) in [5.74, 6) is -1.16. The molecule has 9 heteroatoms. The first-order valence-corrected chi connectivity index (χ1v) is 9.82. The first-order valence-electron chi connectivity index (χ1n) is 8.27. The van der Waals surface area contributed by atoms with Crippen molar-refractivity contribution in [1.29, 1.82) is 0 Å². The normalized spacial score (nSPS) is 15.9. The van der Waals surface area contributed by atoms with Crippen LogP contribution in [0.15, 0.2) is 41.6 Å². The van der Waals surface area contributed by atoms with Gasteiger partial charge in [0.2, 0.25) is 0 Å². The molecule has 1 aliphatic rings. The van der Waals surface area contributed by atoms with Gasteiger partial charge in [0.15, 0.2) is 9.84 Å². The molecular formula is C18H14F4N2O2S. The van der Waals surface area contributed by atoms with Crippen molar-refractivity contribution in [3.8, 4) is 11.3 Å². The Morgan fingerprint density at radius 2 is 1.89 bits per heavy atom. The molecule has 0 spiro atoms. The molecule has 27 heavy (non-hydrogen) atoms. The van der Waals surface area contributed by atoms with Crippen LogP contribution in [0.3, 0.4) is 0 Å². The van der Waals surface area contributed by atoms with Gasteiger partial charge >= 0.3 is 6.18 Å². The SMILES string of the molecule is O=S(=O)(c1cc2c(-c3ccccn3)c(C(F)(F)F)cc(F)c2[nH]1)C1CCC1. The number of fused-ring (bicyclic) bond motifs is 1. The number of nitrogens with one attached hydrogen (secondary N) is 1. The number of nitrogens with zero attached hydrogens (tertiary/aromatic N) is 1. The fraction of sp³-hybridized carbons (Fsp3) is 0.278. The Hall–Kier alpha value is -2.42. The van der Waals surface area contributed by atoms with Gasteiger partial charge in [-0.1, -0.05) is 12.5 Å². The van der Waals surface area contributed by atoms with E-state index in [-0.39, 0.29) is 27.2 Å². The predicted molar refractivity (Wildman–Crippen MR) is 91.3 cm³/mol. The van der Waals surface area contributed by atoms with Crippen LogP contribution in [0.4, 0.5) is 17.6 Å². The van der Waals surface area contributed by atoms with Gasteiger partial charge in [-0.05, 0) is 37.1 Å². The molecule has 1 aliphatic carbocycles. The van der Waals surface area contributed by atoms with E-state index in [4.69, 9.17) is 0 Å². The minimum absolute atomic E-state index is 0.0126. The maximum absolute atomic E-state index is 14.4. The van der Waals surface area contributed by atoms with Gasteiger partial charge in [0.05, 0.1) is 22.0 Å². The lowest BCUT2D eigenvalue weighted by atomic mass is 9.98. The van der Waals surface area contributed by atoms with E-state index < -0.39 is 32.6 Å². The second-order valence-corrected chi connectivity index (χ2v) is 8.71. The summed E-state index contributed by atoms with van der Waals surface area (Å²) in [4.78, 5) is 6.44. The first kappa shape index (κ1) is 18.0. The summed E-state index contributed by atoms with van der Waals surface area (Å²) in [5, 5.41) is -1.01. The molecule has 0 unspecified atom stereocenters. The molecule has 0 aliphatic heterocycles. The van der Waals surface area contributed by atoms with E-state index in [0.717, 1.165) is 12.5 Å². The lowest BCUT2D eigenvalue weighted by Gasteiger charge is -2.24. The number of benzene rings is 1. The van der Waals surface area contributed by atoms with Crippen molar-refractivity contribution in [3.05, 3.63) is 47.9 Å². The van der Waals surface area contributed by atoms with Gasteiger partial charge in [-0.3, -0.25) is 4.98 Å². The highest BCUT2D eigenvalue weighted by atomic mass is 32.2. The van der Waals surface area contributed by atoms with Crippen molar-refractivity contribution in [3.63, 3.8) is 0 Å². The van der Waals surface area contributed by atoms with Crippen molar-refractivity contribution in [1.82, 2.24) is 9.97 Å². The number of sulfone groups is 1. The molecule has 0 radical (unpaired) electrons. The van der Waals surface area contributed by atoms with Gasteiger partial charge in [-0.2, -0.15) is 13.2 Å². The van der Waals surface area contributed by atoms with Crippen LogP contribution < -0.4 is 0 Å². The Morgan fingerprint density at radius 3 is 2.44 bits per heavy atom. The fourth-order valence-electron chi connectivity index (χ4n) is 3.26. The zero-order chi connectivity index (χ0) is 19.4. The lowest BCUT2D eigenvalue weighted by molar-refractivity contribution is -0.137. The smallest absolute Gasteiger partial charge is 0.343 e. The topological polar surface area (TPSA) is 62.8 Å². The van der Waals surface area contributed by atoms with Gasteiger partial charge in [0.25, 0.3) is 0 Å². The number of H-pyrrole nitrogens is 1. The van der Waals surface area contributed by atoms with Crippen molar-refractivity contribution >= 4 is 20.7 Å². The summed E-state index contributed by atoms with van der Waals surface area (Å²) in [7, 11) is -3.75. The van der Waals surface area contributed by atoms with E-state index >= 15 is 0 Å². The third-order valence-electron chi connectivity index (χ3n) is 4.87. The number of hydrogen-bond donors (Lipinski definition) is 1. The molecule has 0 saturated heterocycles. The molecule has 0 atom stereocenters. The van der Waals surface area contributed by atoms with E-state index in [9.17, 15) is 26.0 Å². The molecule has 3 aromatic rings. The quantitative estimate of drug-likeness (QED) is 0.650. The third kappa shape index (κ3) is 2.90. The molecule has 4 rings (SSSR count). The van der Waals surface area contributed by atoms with Crippen molar-refractivity contribution < 1.29 is 26.0 Å². The predicted octanol–water partition coefficient (Wildman–Crippen LogP) is 4.71. The van der Waals surface area contributed by atoms with Crippen LogP contribution in [-0.4, -0.2) is 23.6 Å². The monoisotopic (exact) mass is 398 g/mol. The van der Waals surface area contributed by atoms with Crippen molar-refractivity contribution in [2.45, 2.75) is 35.7 Å². The molecule has 1 saturated carbocycles. The summed E-state index contributed by atoms with van der Waals surface area (Å²) in [5.41, 5.74) is -1.83. The number of pyridine rings is 1. The van der Waals surface area contributed by atoms with E-state index in [1.165, 1.54) is 18.3 Å². The summed E-state index contributed by atoms with van der Waals surface area (Å²) < 4.78 is 80.3. The lowest BCUT2D eigenvalue weighted by Crippen LogP contribution is -2.28. The van der Waals surface area contributed by atoms with E-state index in [1.807, 2.05) is 0 Å². The molecule has 2 aromatic heterocycles. The second kappa shape index (κ2) is 6.05. The van der Waals surface area contributed by atoms with Gasteiger partial charge in [0, 0.05) is 17.1 Å².